The number of benzene rings is 1. The molecule has 0 spiro atoms. The van der Waals surface area contributed by atoms with E-state index in [0.29, 0.717) is 30.4 Å². The summed E-state index contributed by atoms with van der Waals surface area (Å²) >= 11 is 5.86. The number of rotatable bonds is 11. The smallest absolute Gasteiger partial charge is 0.339 e. The molecule has 1 aliphatic carbocycles. The summed E-state index contributed by atoms with van der Waals surface area (Å²) in [5.74, 6) is -2.34. The van der Waals surface area contributed by atoms with E-state index in [0.717, 1.165) is 49.8 Å². The summed E-state index contributed by atoms with van der Waals surface area (Å²) in [5, 5.41) is 29.7. The second kappa shape index (κ2) is 18.2. The lowest BCUT2D eigenvalue weighted by Gasteiger charge is -2.34. The van der Waals surface area contributed by atoms with Crippen molar-refractivity contribution in [2.24, 2.45) is 22.6 Å². The SMILES string of the molecule is Cc1cc(Cl)ccc1Nc1ncccc1C(=O)O.NCC1(CC(=O)O)CCCCC1.NCCCC[C@H](N)C(=O)O. The highest BCUT2D eigenvalue weighted by Crippen LogP contribution is 2.38. The van der Waals surface area contributed by atoms with Gasteiger partial charge < -0.3 is 37.8 Å². The van der Waals surface area contributed by atoms with Gasteiger partial charge in [0.05, 0.1) is 6.42 Å². The number of carboxylic acid groups (broad SMARTS) is 3. The molecule has 12 heteroatoms. The van der Waals surface area contributed by atoms with Crippen LogP contribution in [-0.4, -0.2) is 57.3 Å². The minimum Gasteiger partial charge on any atom is -0.481 e. The number of aromatic nitrogens is 1. The van der Waals surface area contributed by atoms with Gasteiger partial charge in [0.25, 0.3) is 0 Å². The first kappa shape index (κ1) is 34.8. The Hall–Kier alpha value is -3.25. The Morgan fingerprint density at radius 2 is 1.75 bits per heavy atom. The van der Waals surface area contributed by atoms with Gasteiger partial charge in [0, 0.05) is 16.9 Å². The van der Waals surface area contributed by atoms with Gasteiger partial charge in [0.15, 0.2) is 0 Å². The van der Waals surface area contributed by atoms with E-state index < -0.39 is 23.9 Å². The number of aryl methyl sites for hydroxylation is 1. The van der Waals surface area contributed by atoms with E-state index in [1.54, 1.807) is 30.5 Å². The Balaban J connectivity index is 0.000000318. The summed E-state index contributed by atoms with van der Waals surface area (Å²) in [4.78, 5) is 35.8. The quantitative estimate of drug-likeness (QED) is 0.185. The van der Waals surface area contributed by atoms with Crippen molar-refractivity contribution in [2.45, 2.75) is 70.8 Å². The molecule has 1 saturated carbocycles. The Morgan fingerprint density at radius 3 is 2.27 bits per heavy atom. The van der Waals surface area contributed by atoms with Crippen molar-refractivity contribution in [3.05, 3.63) is 52.7 Å². The van der Waals surface area contributed by atoms with E-state index in [1.807, 2.05) is 6.92 Å². The number of carboxylic acids is 3. The van der Waals surface area contributed by atoms with Crippen LogP contribution in [-0.2, 0) is 9.59 Å². The van der Waals surface area contributed by atoms with Gasteiger partial charge in [-0.05, 0) is 87.0 Å². The first-order valence-corrected chi connectivity index (χ1v) is 13.6. The summed E-state index contributed by atoms with van der Waals surface area (Å²) in [7, 11) is 0. The Bertz CT molecular complexity index is 1090. The number of nitrogens with one attached hydrogen (secondary N) is 1. The van der Waals surface area contributed by atoms with E-state index in [2.05, 4.69) is 10.3 Å². The fourth-order valence-electron chi connectivity index (χ4n) is 4.28. The number of unbranched alkanes of at least 4 members (excludes halogenated alkanes) is 1. The number of nitrogens with two attached hydrogens (primary N) is 3. The number of pyridine rings is 1. The molecular formula is C28H42ClN5O6. The lowest BCUT2D eigenvalue weighted by Crippen LogP contribution is -2.34. The number of carbonyl (C=O) groups is 3. The van der Waals surface area contributed by atoms with Crippen molar-refractivity contribution in [2.75, 3.05) is 18.4 Å². The summed E-state index contributed by atoms with van der Waals surface area (Å²) in [6.45, 7) is 3.02. The Morgan fingerprint density at radius 1 is 1.07 bits per heavy atom. The second-order valence-electron chi connectivity index (χ2n) is 9.85. The highest BCUT2D eigenvalue weighted by Gasteiger charge is 2.32. The lowest BCUT2D eigenvalue weighted by molar-refractivity contribution is -0.140. The molecule has 0 bridgehead atoms. The third kappa shape index (κ3) is 12.7. The number of hydrogen-bond acceptors (Lipinski definition) is 8. The predicted molar refractivity (Wildman–Crippen MR) is 156 cm³/mol. The molecule has 1 aromatic heterocycles. The highest BCUT2D eigenvalue weighted by molar-refractivity contribution is 6.30. The molecule has 11 nitrogen and oxygen atoms in total. The number of nitrogens with zero attached hydrogens (tertiary/aromatic N) is 1. The first-order valence-electron chi connectivity index (χ1n) is 13.3. The lowest BCUT2D eigenvalue weighted by atomic mass is 9.72. The number of halogens is 1. The molecule has 40 heavy (non-hydrogen) atoms. The third-order valence-corrected chi connectivity index (χ3v) is 6.87. The molecule has 1 heterocycles. The molecule has 1 atom stereocenters. The summed E-state index contributed by atoms with van der Waals surface area (Å²) in [5.41, 5.74) is 17.8. The Labute approximate surface area is 240 Å². The minimum absolute atomic E-state index is 0.0793. The average molecular weight is 580 g/mol. The maximum absolute atomic E-state index is 11.0. The van der Waals surface area contributed by atoms with Crippen LogP contribution in [0.15, 0.2) is 36.5 Å². The molecule has 0 saturated heterocycles. The fraction of sp³-hybridized carbons (Fsp3) is 0.500. The van der Waals surface area contributed by atoms with Gasteiger partial charge in [0.2, 0.25) is 0 Å². The standard InChI is InChI=1S/C13H11ClN2O2.C9H17NO2.C6H14N2O2/c1-8-7-9(14)4-5-11(8)16-12-10(13(17)18)3-2-6-15-12;10-7-9(6-8(11)12)4-2-1-3-5-9;7-4-2-1-3-5(8)6(9)10/h2-7H,1H3,(H,15,16)(H,17,18);1-7,10H2,(H,11,12);5H,1-4,7-8H2,(H,9,10)/t;;5-/m..0/s1. The molecule has 0 aliphatic heterocycles. The minimum atomic E-state index is -1.02. The van der Waals surface area contributed by atoms with E-state index in [4.69, 9.17) is 44.1 Å². The molecule has 222 valence electrons. The zero-order chi connectivity index (χ0) is 30.1. The average Bonchev–Trinajstić information content (AvgIpc) is 2.91. The molecule has 10 N–H and O–H groups in total. The van der Waals surface area contributed by atoms with Crippen LogP contribution in [0.4, 0.5) is 11.5 Å². The van der Waals surface area contributed by atoms with Gasteiger partial charge in [-0.25, -0.2) is 9.78 Å². The van der Waals surface area contributed by atoms with Crippen molar-refractivity contribution < 1.29 is 29.7 Å². The number of aliphatic carboxylic acids is 2. The zero-order valence-electron chi connectivity index (χ0n) is 22.9. The fourth-order valence-corrected chi connectivity index (χ4v) is 4.51. The van der Waals surface area contributed by atoms with Crippen molar-refractivity contribution in [1.82, 2.24) is 4.98 Å². The van der Waals surface area contributed by atoms with Crippen LogP contribution in [0.25, 0.3) is 0 Å². The highest BCUT2D eigenvalue weighted by atomic mass is 35.5. The zero-order valence-corrected chi connectivity index (χ0v) is 23.7. The van der Waals surface area contributed by atoms with Crippen LogP contribution in [0.2, 0.25) is 5.02 Å². The molecule has 0 unspecified atom stereocenters. The van der Waals surface area contributed by atoms with Gasteiger partial charge in [-0.15, -0.1) is 0 Å². The van der Waals surface area contributed by atoms with Gasteiger partial charge in [-0.3, -0.25) is 9.59 Å². The van der Waals surface area contributed by atoms with Gasteiger partial charge in [-0.2, -0.15) is 0 Å². The first-order chi connectivity index (χ1) is 18.9. The maximum Gasteiger partial charge on any atom is 0.339 e. The summed E-state index contributed by atoms with van der Waals surface area (Å²) in [6, 6.07) is 7.70. The normalized spacial score (nSPS) is 14.4. The molecule has 1 aromatic carbocycles. The molecule has 2 aromatic rings. The van der Waals surface area contributed by atoms with Crippen LogP contribution in [0.1, 0.15) is 73.7 Å². The van der Waals surface area contributed by atoms with Crippen LogP contribution in [0.5, 0.6) is 0 Å². The summed E-state index contributed by atoms with van der Waals surface area (Å²) in [6.07, 6.45) is 9.48. The van der Waals surface area contributed by atoms with E-state index >= 15 is 0 Å². The number of anilines is 2. The van der Waals surface area contributed by atoms with Crippen molar-refractivity contribution in [3.8, 4) is 0 Å². The predicted octanol–water partition coefficient (Wildman–Crippen LogP) is 4.38. The maximum atomic E-state index is 11.0. The van der Waals surface area contributed by atoms with Gasteiger partial charge in [-0.1, -0.05) is 37.3 Å². The van der Waals surface area contributed by atoms with Gasteiger partial charge in [0.1, 0.15) is 17.4 Å². The van der Waals surface area contributed by atoms with Crippen LogP contribution < -0.4 is 22.5 Å². The van der Waals surface area contributed by atoms with Crippen molar-refractivity contribution in [3.63, 3.8) is 0 Å². The van der Waals surface area contributed by atoms with Crippen LogP contribution in [0, 0.1) is 12.3 Å². The molecular weight excluding hydrogens is 538 g/mol. The molecule has 0 radical (unpaired) electrons. The Kier molecular flexibility index (Phi) is 15.8. The van der Waals surface area contributed by atoms with E-state index in [9.17, 15) is 14.4 Å². The van der Waals surface area contributed by atoms with E-state index in [1.165, 1.54) is 12.5 Å². The van der Waals surface area contributed by atoms with E-state index in [-0.39, 0.29) is 17.4 Å². The van der Waals surface area contributed by atoms with Crippen molar-refractivity contribution in [1.29, 1.82) is 0 Å². The largest absolute Gasteiger partial charge is 0.481 e. The second-order valence-corrected chi connectivity index (χ2v) is 10.3. The topological polar surface area (TPSA) is 215 Å². The van der Waals surface area contributed by atoms with Crippen molar-refractivity contribution >= 4 is 41.0 Å². The molecule has 1 aliphatic rings. The third-order valence-electron chi connectivity index (χ3n) is 6.64. The molecule has 0 amide bonds. The van der Waals surface area contributed by atoms with Crippen LogP contribution >= 0.6 is 11.6 Å². The molecule has 1 fully saturated rings. The molecule has 3 rings (SSSR count). The number of aromatic carboxylic acids is 1. The monoisotopic (exact) mass is 579 g/mol. The summed E-state index contributed by atoms with van der Waals surface area (Å²) < 4.78 is 0. The van der Waals surface area contributed by atoms with Crippen LogP contribution in [0.3, 0.4) is 0 Å². The van der Waals surface area contributed by atoms with Gasteiger partial charge >= 0.3 is 17.9 Å². The number of hydrogen-bond donors (Lipinski definition) is 7.